The molecule has 12 aromatic rings. The number of aromatic nitrogens is 2. The number of rotatable bonds is 3. The highest BCUT2D eigenvalue weighted by molar-refractivity contribution is 6.26. The Morgan fingerprint density at radius 3 is 1.44 bits per heavy atom. The molecule has 0 spiro atoms. The lowest BCUT2D eigenvalue weighted by Crippen LogP contribution is -2.01. The lowest BCUT2D eigenvalue weighted by Gasteiger charge is -2.15. The number of benzene rings is 10. The molecule has 1 aliphatic rings. The molecule has 2 heterocycles. The molecule has 0 amide bonds. The number of hydrogen-bond donors (Lipinski definition) is 0. The van der Waals surface area contributed by atoms with Gasteiger partial charge in [-0.2, -0.15) is 0 Å². The van der Waals surface area contributed by atoms with Gasteiger partial charge in [0.25, 0.3) is 0 Å². The summed E-state index contributed by atoms with van der Waals surface area (Å²) < 4.78 is 5.05. The Bertz CT molecular complexity index is 3620. The summed E-state index contributed by atoms with van der Waals surface area (Å²) in [4.78, 5) is 0. The highest BCUT2D eigenvalue weighted by atomic mass is 15.0. The fourth-order valence-corrected chi connectivity index (χ4v) is 10.4. The van der Waals surface area contributed by atoms with Gasteiger partial charge in [0.2, 0.25) is 0 Å². The number of fused-ring (bicyclic) bond motifs is 16. The van der Waals surface area contributed by atoms with Crippen LogP contribution in [-0.2, 0) is 6.42 Å². The number of nitrogens with zero attached hydrogens (tertiary/aromatic N) is 2. The smallest absolute Gasteiger partial charge is 0.0789 e. The van der Waals surface area contributed by atoms with Crippen LogP contribution in [0.2, 0.25) is 0 Å². The predicted octanol–water partition coefficient (Wildman–Crippen LogP) is 14.6. The van der Waals surface area contributed by atoms with Gasteiger partial charge in [-0.05, 0) is 102 Å². The molecule has 264 valence electrons. The van der Waals surface area contributed by atoms with Gasteiger partial charge < -0.3 is 9.13 Å². The summed E-state index contributed by atoms with van der Waals surface area (Å²) in [6, 6.07) is 72.0. The molecule has 0 N–H and O–H groups in total. The Labute approximate surface area is 329 Å². The Morgan fingerprint density at radius 2 is 0.772 bits per heavy atom. The average Bonchev–Trinajstić information content (AvgIpc) is 3.95. The number of para-hydroxylation sites is 3. The van der Waals surface area contributed by atoms with Gasteiger partial charge in [-0.1, -0.05) is 158 Å². The third-order valence-corrected chi connectivity index (χ3v) is 12.8. The first-order chi connectivity index (χ1) is 28.3. The first-order valence-electron chi connectivity index (χ1n) is 19.9. The summed E-state index contributed by atoms with van der Waals surface area (Å²) in [7, 11) is 0. The normalized spacial score (nSPS) is 12.5. The van der Waals surface area contributed by atoms with E-state index in [9.17, 15) is 0 Å². The molecule has 0 saturated carbocycles. The summed E-state index contributed by atoms with van der Waals surface area (Å²) in [5.41, 5.74) is 15.3. The maximum atomic E-state index is 2.57. The van der Waals surface area contributed by atoms with Crippen LogP contribution in [0.15, 0.2) is 194 Å². The second kappa shape index (κ2) is 11.6. The van der Waals surface area contributed by atoms with Crippen molar-refractivity contribution in [3.8, 4) is 33.6 Å². The fourth-order valence-electron chi connectivity index (χ4n) is 10.4. The zero-order valence-corrected chi connectivity index (χ0v) is 31.1. The van der Waals surface area contributed by atoms with Gasteiger partial charge in [0, 0.05) is 33.7 Å². The second-order valence-electron chi connectivity index (χ2n) is 15.6. The van der Waals surface area contributed by atoms with E-state index in [1.54, 1.807) is 0 Å². The minimum atomic E-state index is 0.860. The first kappa shape index (κ1) is 30.9. The minimum absolute atomic E-state index is 0.860. The summed E-state index contributed by atoms with van der Waals surface area (Å²) in [6.07, 6.45) is 0.860. The van der Waals surface area contributed by atoms with Crippen LogP contribution < -0.4 is 0 Å². The first-order valence-corrected chi connectivity index (χ1v) is 19.9. The Balaban J connectivity index is 1.06. The Morgan fingerprint density at radius 1 is 0.298 bits per heavy atom. The van der Waals surface area contributed by atoms with Gasteiger partial charge in [-0.25, -0.2) is 0 Å². The molecule has 0 unspecified atom stereocenters. The van der Waals surface area contributed by atoms with Gasteiger partial charge in [0.05, 0.1) is 27.8 Å². The van der Waals surface area contributed by atoms with Crippen molar-refractivity contribution in [2.45, 2.75) is 6.42 Å². The van der Waals surface area contributed by atoms with Crippen molar-refractivity contribution in [2.24, 2.45) is 0 Å². The maximum absolute atomic E-state index is 2.57. The van der Waals surface area contributed by atoms with Gasteiger partial charge in [0.1, 0.15) is 0 Å². The molecule has 2 aromatic heterocycles. The lowest BCUT2D eigenvalue weighted by atomic mass is 9.90. The molecule has 0 aliphatic heterocycles. The molecule has 10 aromatic carbocycles. The van der Waals surface area contributed by atoms with E-state index in [1.165, 1.54) is 121 Å². The molecule has 1 aliphatic carbocycles. The van der Waals surface area contributed by atoms with Gasteiger partial charge in [-0.3, -0.25) is 0 Å². The van der Waals surface area contributed by atoms with E-state index in [0.29, 0.717) is 0 Å². The van der Waals surface area contributed by atoms with Crippen molar-refractivity contribution in [1.82, 2.24) is 9.13 Å². The summed E-state index contributed by atoms with van der Waals surface area (Å²) in [5.74, 6) is 0. The second-order valence-corrected chi connectivity index (χ2v) is 15.6. The topological polar surface area (TPSA) is 9.86 Å². The predicted molar refractivity (Wildman–Crippen MR) is 241 cm³/mol. The highest BCUT2D eigenvalue weighted by Crippen LogP contribution is 2.48. The average molecular weight is 723 g/mol. The van der Waals surface area contributed by atoms with Gasteiger partial charge in [-0.15, -0.1) is 0 Å². The molecule has 0 saturated heterocycles. The van der Waals surface area contributed by atoms with E-state index in [4.69, 9.17) is 0 Å². The van der Waals surface area contributed by atoms with Crippen LogP contribution in [-0.4, -0.2) is 9.13 Å². The maximum Gasteiger partial charge on any atom is 0.0789 e. The summed E-state index contributed by atoms with van der Waals surface area (Å²) in [5, 5.41) is 12.9. The van der Waals surface area contributed by atoms with Crippen molar-refractivity contribution in [3.05, 3.63) is 205 Å². The molecular weight excluding hydrogens is 689 g/mol. The molecular formula is C55H34N2. The molecule has 2 heteroatoms. The van der Waals surface area contributed by atoms with Crippen LogP contribution >= 0.6 is 0 Å². The van der Waals surface area contributed by atoms with E-state index < -0.39 is 0 Å². The van der Waals surface area contributed by atoms with E-state index in [0.717, 1.165) is 6.42 Å². The summed E-state index contributed by atoms with van der Waals surface area (Å²) in [6.45, 7) is 0. The largest absolute Gasteiger partial charge is 0.307 e. The van der Waals surface area contributed by atoms with Crippen molar-refractivity contribution < 1.29 is 0 Å². The molecule has 0 bridgehead atoms. The van der Waals surface area contributed by atoms with Crippen LogP contribution in [0.3, 0.4) is 0 Å². The Hall–Kier alpha value is -7.42. The van der Waals surface area contributed by atoms with Crippen LogP contribution in [0.5, 0.6) is 0 Å². The van der Waals surface area contributed by atoms with E-state index in [1.807, 2.05) is 0 Å². The molecule has 0 atom stereocenters. The summed E-state index contributed by atoms with van der Waals surface area (Å²) >= 11 is 0. The molecule has 57 heavy (non-hydrogen) atoms. The molecule has 2 nitrogen and oxygen atoms in total. The highest BCUT2D eigenvalue weighted by Gasteiger charge is 2.28. The van der Waals surface area contributed by atoms with Crippen LogP contribution in [0.25, 0.3) is 110 Å². The SMILES string of the molecule is c1ccc(-n2c3ccccc3c3ccc4c5ccccc5n(-c5cccc6c5Cc5c(-c7ccc8c9ccccc9c9ccccc9c8c7)cccc5-6)c4c32)cc1. The van der Waals surface area contributed by atoms with Crippen molar-refractivity contribution in [3.63, 3.8) is 0 Å². The molecule has 13 rings (SSSR count). The zero-order chi connectivity index (χ0) is 37.2. The quantitative estimate of drug-likeness (QED) is 0.161. The van der Waals surface area contributed by atoms with Crippen LogP contribution in [0.1, 0.15) is 11.1 Å². The van der Waals surface area contributed by atoms with Crippen molar-refractivity contribution >= 4 is 75.9 Å². The van der Waals surface area contributed by atoms with Crippen LogP contribution in [0, 0.1) is 0 Å². The number of hydrogen-bond acceptors (Lipinski definition) is 0. The third kappa shape index (κ3) is 4.19. The van der Waals surface area contributed by atoms with Gasteiger partial charge in [0.15, 0.2) is 0 Å². The van der Waals surface area contributed by atoms with E-state index in [-0.39, 0.29) is 0 Å². The van der Waals surface area contributed by atoms with E-state index >= 15 is 0 Å². The fraction of sp³-hybridized carbons (Fsp3) is 0.0182. The molecule has 0 radical (unpaired) electrons. The minimum Gasteiger partial charge on any atom is -0.307 e. The molecule has 0 fully saturated rings. The van der Waals surface area contributed by atoms with Crippen molar-refractivity contribution in [2.75, 3.05) is 0 Å². The monoisotopic (exact) mass is 722 g/mol. The standard InChI is InChI=1S/C55H34N2/c1-2-14-35(15-3-1)56-51-25-10-8-20-44(51)46-30-31-47-45-21-9-11-26-52(45)57(55(47)54(46)56)53-27-13-24-42-41-23-12-22-36(49(41)33-50(42)53)34-28-29-43-39-18-5-4-16-37(39)38-17-6-7-19-40(38)48(43)32-34/h1-32H,33H2. The van der Waals surface area contributed by atoms with Gasteiger partial charge >= 0.3 is 0 Å². The van der Waals surface area contributed by atoms with E-state index in [2.05, 4.69) is 203 Å². The van der Waals surface area contributed by atoms with Crippen molar-refractivity contribution in [1.29, 1.82) is 0 Å². The zero-order valence-electron chi connectivity index (χ0n) is 31.1. The third-order valence-electron chi connectivity index (χ3n) is 12.8. The lowest BCUT2D eigenvalue weighted by molar-refractivity contribution is 1.11. The Kier molecular flexibility index (Phi) is 6.25. The van der Waals surface area contributed by atoms with Crippen LogP contribution in [0.4, 0.5) is 0 Å².